The highest BCUT2D eigenvalue weighted by molar-refractivity contribution is 7.07. The number of nitrogens with zero attached hydrogens (tertiary/aromatic N) is 2. The van der Waals surface area contributed by atoms with Crippen molar-refractivity contribution < 1.29 is 0 Å². The number of nitrogens with two attached hydrogens (primary N) is 1. The molecule has 0 saturated carbocycles. The van der Waals surface area contributed by atoms with Crippen LogP contribution in [0, 0.1) is 0 Å². The van der Waals surface area contributed by atoms with Crippen LogP contribution in [-0.4, -0.2) is 35.6 Å². The van der Waals surface area contributed by atoms with Crippen LogP contribution in [0.4, 0.5) is 0 Å². The molecule has 5 heteroatoms. The predicted octanol–water partition coefficient (Wildman–Crippen LogP) is 2.40. The molecular formula is C18H26N4S. The quantitative estimate of drug-likeness (QED) is 0.730. The Hall–Kier alpha value is -1.27. The van der Waals surface area contributed by atoms with Gasteiger partial charge in [-0.1, -0.05) is 24.3 Å². The molecule has 1 unspecified atom stereocenters. The number of benzene rings is 1. The van der Waals surface area contributed by atoms with Gasteiger partial charge in [-0.3, -0.25) is 4.90 Å². The number of aromatic nitrogens is 1. The smallest absolute Gasteiger partial charge is 0.0795 e. The molecule has 2 heterocycles. The number of unbranched alkanes of at least 4 members (excludes halogenated alkanes) is 1. The number of nitrogens with one attached hydrogen (secondary N) is 1. The van der Waals surface area contributed by atoms with E-state index in [9.17, 15) is 0 Å². The van der Waals surface area contributed by atoms with Gasteiger partial charge in [0.25, 0.3) is 0 Å². The minimum absolute atomic E-state index is 0.515. The molecule has 3 rings (SSSR count). The maximum absolute atomic E-state index is 5.65. The van der Waals surface area contributed by atoms with Gasteiger partial charge in [-0.15, -0.1) is 11.3 Å². The highest BCUT2D eigenvalue weighted by Gasteiger charge is 2.20. The van der Waals surface area contributed by atoms with Crippen molar-refractivity contribution in [3.05, 3.63) is 52.0 Å². The van der Waals surface area contributed by atoms with Crippen molar-refractivity contribution >= 4 is 11.3 Å². The molecule has 1 aliphatic heterocycles. The third kappa shape index (κ3) is 4.85. The Morgan fingerprint density at radius 3 is 2.91 bits per heavy atom. The summed E-state index contributed by atoms with van der Waals surface area (Å²) in [5, 5.41) is 5.84. The molecule has 23 heavy (non-hydrogen) atoms. The van der Waals surface area contributed by atoms with E-state index < -0.39 is 0 Å². The van der Waals surface area contributed by atoms with E-state index in [-0.39, 0.29) is 0 Å². The van der Waals surface area contributed by atoms with Crippen LogP contribution >= 0.6 is 11.3 Å². The fraction of sp³-hybridized carbons (Fsp3) is 0.500. The number of thiazole rings is 1. The van der Waals surface area contributed by atoms with E-state index in [1.54, 1.807) is 11.3 Å². The van der Waals surface area contributed by atoms with E-state index >= 15 is 0 Å². The zero-order chi connectivity index (χ0) is 15.9. The second kappa shape index (κ2) is 8.55. The molecule has 4 nitrogen and oxygen atoms in total. The second-order valence-electron chi connectivity index (χ2n) is 6.26. The number of rotatable bonds is 8. The minimum Gasteiger partial charge on any atom is -0.330 e. The van der Waals surface area contributed by atoms with Crippen molar-refractivity contribution in [3.63, 3.8) is 0 Å². The summed E-state index contributed by atoms with van der Waals surface area (Å²) in [6, 6.07) is 9.29. The van der Waals surface area contributed by atoms with Crippen LogP contribution in [0.3, 0.4) is 0 Å². The van der Waals surface area contributed by atoms with E-state index in [2.05, 4.69) is 44.8 Å². The minimum atomic E-state index is 0.515. The highest BCUT2D eigenvalue weighted by atomic mass is 32.1. The van der Waals surface area contributed by atoms with Crippen molar-refractivity contribution in [1.29, 1.82) is 0 Å². The van der Waals surface area contributed by atoms with Gasteiger partial charge in [-0.25, -0.2) is 4.98 Å². The zero-order valence-electron chi connectivity index (χ0n) is 13.6. The third-order valence-corrected chi connectivity index (χ3v) is 5.08. The topological polar surface area (TPSA) is 54.2 Å². The van der Waals surface area contributed by atoms with E-state index in [4.69, 9.17) is 5.73 Å². The van der Waals surface area contributed by atoms with Crippen LogP contribution in [0.5, 0.6) is 0 Å². The van der Waals surface area contributed by atoms with Gasteiger partial charge in [0.05, 0.1) is 11.2 Å². The lowest BCUT2D eigenvalue weighted by atomic mass is 9.95. The van der Waals surface area contributed by atoms with Crippen molar-refractivity contribution in [1.82, 2.24) is 15.2 Å². The van der Waals surface area contributed by atoms with Gasteiger partial charge in [0.15, 0.2) is 0 Å². The van der Waals surface area contributed by atoms with Crippen LogP contribution in [0.15, 0.2) is 35.2 Å². The Morgan fingerprint density at radius 1 is 1.26 bits per heavy atom. The Balaban J connectivity index is 1.59. The molecule has 0 spiro atoms. The van der Waals surface area contributed by atoms with E-state index in [0.717, 1.165) is 52.0 Å². The molecule has 0 saturated heterocycles. The molecule has 0 radical (unpaired) electrons. The number of fused-ring (bicyclic) bond motifs is 1. The fourth-order valence-corrected chi connectivity index (χ4v) is 3.77. The average Bonchev–Trinajstić information content (AvgIpc) is 3.08. The van der Waals surface area contributed by atoms with Gasteiger partial charge in [0.2, 0.25) is 0 Å². The maximum atomic E-state index is 5.65. The van der Waals surface area contributed by atoms with Crippen LogP contribution in [-0.2, 0) is 19.5 Å². The van der Waals surface area contributed by atoms with E-state index in [1.807, 2.05) is 5.51 Å². The van der Waals surface area contributed by atoms with Gasteiger partial charge in [-0.2, -0.15) is 0 Å². The van der Waals surface area contributed by atoms with E-state index in [0.29, 0.717) is 6.04 Å². The van der Waals surface area contributed by atoms with Crippen molar-refractivity contribution in [2.75, 3.05) is 19.6 Å². The monoisotopic (exact) mass is 330 g/mol. The molecule has 124 valence electrons. The summed E-state index contributed by atoms with van der Waals surface area (Å²) in [7, 11) is 0. The predicted molar refractivity (Wildman–Crippen MR) is 96.5 cm³/mol. The lowest BCUT2D eigenvalue weighted by Crippen LogP contribution is -2.44. The maximum Gasteiger partial charge on any atom is 0.0795 e. The van der Waals surface area contributed by atoms with Gasteiger partial charge in [0, 0.05) is 31.1 Å². The van der Waals surface area contributed by atoms with Crippen LogP contribution < -0.4 is 11.1 Å². The Kier molecular flexibility index (Phi) is 6.16. The van der Waals surface area contributed by atoms with Gasteiger partial charge >= 0.3 is 0 Å². The standard InChI is InChI=1S/C18H26N4S/c19-7-3-4-8-22(12-18-13-23-14-21-18)11-17-9-15-5-1-2-6-16(15)10-20-17/h1-2,5-6,13-14,17,20H,3-4,7-12,19H2. The van der Waals surface area contributed by atoms with Crippen LogP contribution in [0.2, 0.25) is 0 Å². The molecule has 0 amide bonds. The average molecular weight is 331 g/mol. The Morgan fingerprint density at radius 2 is 2.13 bits per heavy atom. The van der Waals surface area contributed by atoms with Crippen LogP contribution in [0.25, 0.3) is 0 Å². The summed E-state index contributed by atoms with van der Waals surface area (Å²) >= 11 is 1.67. The molecule has 1 aromatic heterocycles. The van der Waals surface area contributed by atoms with Crippen molar-refractivity contribution in [3.8, 4) is 0 Å². The lowest BCUT2D eigenvalue weighted by Gasteiger charge is -2.31. The Bertz CT molecular complexity index is 584. The zero-order valence-corrected chi connectivity index (χ0v) is 14.4. The molecular weight excluding hydrogens is 304 g/mol. The van der Waals surface area contributed by atoms with E-state index in [1.165, 1.54) is 16.8 Å². The normalized spacial score (nSPS) is 17.4. The summed E-state index contributed by atoms with van der Waals surface area (Å²) < 4.78 is 0. The molecule has 2 aromatic rings. The molecule has 1 aliphatic rings. The molecule has 3 N–H and O–H groups in total. The summed E-state index contributed by atoms with van der Waals surface area (Å²) in [4.78, 5) is 6.97. The summed E-state index contributed by atoms with van der Waals surface area (Å²) in [6.07, 6.45) is 3.36. The molecule has 0 bridgehead atoms. The summed E-state index contributed by atoms with van der Waals surface area (Å²) in [5.41, 5.74) is 11.7. The van der Waals surface area contributed by atoms with Gasteiger partial charge < -0.3 is 11.1 Å². The first kappa shape index (κ1) is 16.6. The molecule has 0 fully saturated rings. The summed E-state index contributed by atoms with van der Waals surface area (Å²) in [5.74, 6) is 0. The Labute approximate surface area is 142 Å². The van der Waals surface area contributed by atoms with Crippen molar-refractivity contribution in [2.24, 2.45) is 5.73 Å². The molecule has 0 aliphatic carbocycles. The second-order valence-corrected chi connectivity index (χ2v) is 6.98. The third-order valence-electron chi connectivity index (χ3n) is 4.44. The van der Waals surface area contributed by atoms with Gasteiger partial charge in [-0.05, 0) is 43.5 Å². The van der Waals surface area contributed by atoms with Gasteiger partial charge in [0.1, 0.15) is 0 Å². The molecule has 1 aromatic carbocycles. The number of hydrogen-bond acceptors (Lipinski definition) is 5. The lowest BCUT2D eigenvalue weighted by molar-refractivity contribution is 0.222. The van der Waals surface area contributed by atoms with Crippen LogP contribution in [0.1, 0.15) is 29.7 Å². The SMILES string of the molecule is NCCCCN(Cc1cscn1)CC1Cc2ccccc2CN1. The molecule has 1 atom stereocenters. The summed E-state index contributed by atoms with van der Waals surface area (Å²) in [6.45, 7) is 4.85. The highest BCUT2D eigenvalue weighted by Crippen LogP contribution is 2.17. The first-order chi connectivity index (χ1) is 11.3. The largest absolute Gasteiger partial charge is 0.330 e. The number of hydrogen-bond donors (Lipinski definition) is 2. The van der Waals surface area contributed by atoms with Crippen molar-refractivity contribution in [2.45, 2.75) is 38.4 Å². The first-order valence-corrected chi connectivity index (χ1v) is 9.39. The fourth-order valence-electron chi connectivity index (χ4n) is 3.22. The first-order valence-electron chi connectivity index (χ1n) is 8.45.